The first-order chi connectivity index (χ1) is 7.00. The second-order valence-corrected chi connectivity index (χ2v) is 4.98. The van der Waals surface area contributed by atoms with Gasteiger partial charge in [-0.05, 0) is 30.5 Å². The molecule has 0 aliphatic carbocycles. The van der Waals surface area contributed by atoms with Gasteiger partial charge in [-0.3, -0.25) is 0 Å². The van der Waals surface area contributed by atoms with Crippen molar-refractivity contribution in [3.63, 3.8) is 0 Å². The third-order valence-electron chi connectivity index (χ3n) is 2.61. The molecule has 0 bridgehead atoms. The zero-order valence-corrected chi connectivity index (χ0v) is 10.9. The normalized spacial score (nSPS) is 13.2. The predicted octanol–water partition coefficient (Wildman–Crippen LogP) is 4.13. The maximum Gasteiger partial charge on any atom is 0.0595 e. The summed E-state index contributed by atoms with van der Waals surface area (Å²) in [6.45, 7) is 7.41. The predicted molar refractivity (Wildman–Crippen MR) is 67.6 cm³/mol. The Kier molecular flexibility index (Phi) is 4.91. The van der Waals surface area contributed by atoms with Crippen LogP contribution in [0.15, 0.2) is 18.2 Å². The summed E-state index contributed by atoms with van der Waals surface area (Å²) in [5.74, 6) is 0.632. The Hall–Kier alpha value is -0.240. The largest absolute Gasteiger partial charge is 0.310 e. The fourth-order valence-corrected chi connectivity index (χ4v) is 1.48. The van der Waals surface area contributed by atoms with Crippen LogP contribution in [0.1, 0.15) is 26.3 Å². The van der Waals surface area contributed by atoms with E-state index in [0.29, 0.717) is 22.0 Å². The van der Waals surface area contributed by atoms with Crippen LogP contribution in [0.2, 0.25) is 10.0 Å². The van der Waals surface area contributed by atoms with E-state index >= 15 is 0 Å². The molecule has 0 heterocycles. The molecule has 1 N–H and O–H groups in total. The van der Waals surface area contributed by atoms with E-state index < -0.39 is 0 Å². The van der Waals surface area contributed by atoms with Gasteiger partial charge in [0.1, 0.15) is 0 Å². The van der Waals surface area contributed by atoms with Crippen molar-refractivity contribution in [3.8, 4) is 0 Å². The molecule has 0 saturated carbocycles. The van der Waals surface area contributed by atoms with Gasteiger partial charge in [-0.25, -0.2) is 0 Å². The minimum Gasteiger partial charge on any atom is -0.310 e. The molecule has 84 valence electrons. The van der Waals surface area contributed by atoms with Gasteiger partial charge in [0.25, 0.3) is 0 Å². The molecule has 0 radical (unpaired) electrons. The highest BCUT2D eigenvalue weighted by Gasteiger charge is 2.06. The van der Waals surface area contributed by atoms with E-state index in [9.17, 15) is 0 Å². The number of halogens is 2. The third kappa shape index (κ3) is 4.02. The van der Waals surface area contributed by atoms with E-state index in [1.165, 1.54) is 0 Å². The molecule has 1 aromatic rings. The average molecular weight is 246 g/mol. The average Bonchev–Trinajstić information content (AvgIpc) is 2.19. The Morgan fingerprint density at radius 3 is 2.33 bits per heavy atom. The van der Waals surface area contributed by atoms with Crippen LogP contribution in [0.5, 0.6) is 0 Å². The third-order valence-corrected chi connectivity index (χ3v) is 3.35. The molecule has 1 rings (SSSR count). The smallest absolute Gasteiger partial charge is 0.0595 e. The van der Waals surface area contributed by atoms with Gasteiger partial charge in [0.2, 0.25) is 0 Å². The van der Waals surface area contributed by atoms with Crippen molar-refractivity contribution in [1.82, 2.24) is 5.32 Å². The van der Waals surface area contributed by atoms with Gasteiger partial charge < -0.3 is 5.32 Å². The summed E-state index contributed by atoms with van der Waals surface area (Å²) in [5, 5.41) is 4.67. The van der Waals surface area contributed by atoms with Gasteiger partial charge in [-0.1, -0.05) is 43.1 Å². The quantitative estimate of drug-likeness (QED) is 0.842. The summed E-state index contributed by atoms with van der Waals surface area (Å²) in [6, 6.07) is 6.23. The maximum absolute atomic E-state index is 5.93. The lowest BCUT2D eigenvalue weighted by molar-refractivity contribution is 0.426. The monoisotopic (exact) mass is 245 g/mol. The van der Waals surface area contributed by atoms with Gasteiger partial charge in [0.05, 0.1) is 10.0 Å². The van der Waals surface area contributed by atoms with E-state index in [1.54, 1.807) is 0 Å². The van der Waals surface area contributed by atoms with E-state index in [0.717, 1.165) is 12.1 Å². The molecule has 0 aliphatic rings. The topological polar surface area (TPSA) is 12.0 Å². The maximum atomic E-state index is 5.93. The van der Waals surface area contributed by atoms with Gasteiger partial charge in [0, 0.05) is 12.6 Å². The Morgan fingerprint density at radius 2 is 1.80 bits per heavy atom. The van der Waals surface area contributed by atoms with Crippen LogP contribution in [-0.2, 0) is 6.54 Å². The minimum atomic E-state index is 0.499. The standard InChI is InChI=1S/C12H17Cl2N/c1-8(2)9(3)15-7-10-4-5-11(13)12(14)6-10/h4-6,8-9,15H,7H2,1-3H3/t9-/m0/s1. The van der Waals surface area contributed by atoms with Crippen LogP contribution in [0, 0.1) is 5.92 Å². The molecule has 0 aromatic heterocycles. The molecule has 0 unspecified atom stereocenters. The molecule has 0 fully saturated rings. The van der Waals surface area contributed by atoms with Gasteiger partial charge in [-0.2, -0.15) is 0 Å². The first-order valence-electron chi connectivity index (χ1n) is 5.18. The molecule has 1 atom stereocenters. The van der Waals surface area contributed by atoms with Crippen LogP contribution >= 0.6 is 23.2 Å². The zero-order valence-electron chi connectivity index (χ0n) is 9.35. The highest BCUT2D eigenvalue weighted by Crippen LogP contribution is 2.22. The number of benzene rings is 1. The first kappa shape index (κ1) is 12.8. The highest BCUT2D eigenvalue weighted by molar-refractivity contribution is 6.42. The number of hydrogen-bond acceptors (Lipinski definition) is 1. The SMILES string of the molecule is CC(C)[C@H](C)NCc1ccc(Cl)c(Cl)c1. The Bertz CT molecular complexity index is 323. The van der Waals surface area contributed by atoms with Crippen molar-refractivity contribution in [1.29, 1.82) is 0 Å². The summed E-state index contributed by atoms with van der Waals surface area (Å²) < 4.78 is 0. The lowest BCUT2D eigenvalue weighted by Gasteiger charge is -2.17. The summed E-state index contributed by atoms with van der Waals surface area (Å²) in [6.07, 6.45) is 0. The first-order valence-corrected chi connectivity index (χ1v) is 5.93. The molecule has 1 aromatic carbocycles. The van der Waals surface area contributed by atoms with Crippen molar-refractivity contribution >= 4 is 23.2 Å². The van der Waals surface area contributed by atoms with E-state index in [1.807, 2.05) is 18.2 Å². The lowest BCUT2D eigenvalue weighted by Crippen LogP contribution is -2.30. The molecular formula is C12H17Cl2N. The molecule has 15 heavy (non-hydrogen) atoms. The van der Waals surface area contributed by atoms with Crippen LogP contribution in [0.25, 0.3) is 0 Å². The second-order valence-electron chi connectivity index (χ2n) is 4.16. The van der Waals surface area contributed by atoms with Crippen LogP contribution in [0.4, 0.5) is 0 Å². The Labute approximate surface area is 102 Å². The lowest BCUT2D eigenvalue weighted by atomic mass is 10.1. The van der Waals surface area contributed by atoms with Crippen molar-refractivity contribution in [2.24, 2.45) is 5.92 Å². The molecular weight excluding hydrogens is 229 g/mol. The Balaban J connectivity index is 2.55. The van der Waals surface area contributed by atoms with Crippen molar-refractivity contribution in [3.05, 3.63) is 33.8 Å². The van der Waals surface area contributed by atoms with E-state index in [2.05, 4.69) is 26.1 Å². The summed E-state index contributed by atoms with van der Waals surface area (Å²) in [5.41, 5.74) is 1.16. The van der Waals surface area contributed by atoms with Crippen LogP contribution in [0.3, 0.4) is 0 Å². The van der Waals surface area contributed by atoms with Gasteiger partial charge >= 0.3 is 0 Å². The summed E-state index contributed by atoms with van der Waals surface area (Å²) in [4.78, 5) is 0. The number of rotatable bonds is 4. The van der Waals surface area contributed by atoms with Crippen LogP contribution in [-0.4, -0.2) is 6.04 Å². The second kappa shape index (κ2) is 5.74. The van der Waals surface area contributed by atoms with E-state index in [4.69, 9.17) is 23.2 Å². The summed E-state index contributed by atoms with van der Waals surface area (Å²) >= 11 is 11.8. The fraction of sp³-hybridized carbons (Fsp3) is 0.500. The zero-order chi connectivity index (χ0) is 11.4. The van der Waals surface area contributed by atoms with E-state index in [-0.39, 0.29) is 0 Å². The minimum absolute atomic E-state index is 0.499. The van der Waals surface area contributed by atoms with Crippen LogP contribution < -0.4 is 5.32 Å². The number of nitrogens with one attached hydrogen (secondary N) is 1. The van der Waals surface area contributed by atoms with Gasteiger partial charge in [-0.15, -0.1) is 0 Å². The summed E-state index contributed by atoms with van der Waals surface area (Å²) in [7, 11) is 0. The van der Waals surface area contributed by atoms with Crippen molar-refractivity contribution in [2.45, 2.75) is 33.4 Å². The molecule has 0 saturated heterocycles. The van der Waals surface area contributed by atoms with Crippen molar-refractivity contribution < 1.29 is 0 Å². The molecule has 0 amide bonds. The molecule has 0 aliphatic heterocycles. The number of hydrogen-bond donors (Lipinski definition) is 1. The fourth-order valence-electron chi connectivity index (χ4n) is 1.16. The molecule has 3 heteroatoms. The highest BCUT2D eigenvalue weighted by atomic mass is 35.5. The van der Waals surface area contributed by atoms with Crippen molar-refractivity contribution in [2.75, 3.05) is 0 Å². The molecule has 1 nitrogen and oxygen atoms in total. The molecule has 0 spiro atoms. The van der Waals surface area contributed by atoms with Gasteiger partial charge in [0.15, 0.2) is 0 Å². The Morgan fingerprint density at radius 1 is 1.13 bits per heavy atom.